The van der Waals surface area contributed by atoms with Gasteiger partial charge in [-0.2, -0.15) is 12.6 Å². The van der Waals surface area contributed by atoms with Crippen LogP contribution in [0.4, 0.5) is 0 Å². The van der Waals surface area contributed by atoms with Crippen molar-refractivity contribution in [2.45, 2.75) is 82.5 Å². The van der Waals surface area contributed by atoms with Crippen LogP contribution in [-0.2, 0) is 21.8 Å². The molecule has 2 amide bonds. The third kappa shape index (κ3) is 15.7. The van der Waals surface area contributed by atoms with Crippen LogP contribution in [0, 0.1) is 5.41 Å². The van der Waals surface area contributed by atoms with Crippen LogP contribution in [-0.4, -0.2) is 68.5 Å². The molecule has 14 heteroatoms. The van der Waals surface area contributed by atoms with Gasteiger partial charge in [0.2, 0.25) is 11.8 Å². The first-order valence-corrected chi connectivity index (χ1v) is 15.2. The number of hydrogen-bond donors (Lipinski definition) is 9. The van der Waals surface area contributed by atoms with Gasteiger partial charge in [-0.15, -0.1) is 0 Å². The molecule has 1 aromatic rings. The standard InChI is InChI=1S/C28H51N9O4S/c1-2-19-16-23(40-14-12-36-27(39)22(30)9-6-7-11-37-28(33)34)24(17-20(19)18-42)41-15-13-35-26(38)21(29)8-4-3-5-10-25(31)32/h16-17,21-22,42H,2-15,18,29-30H2,1H3,(H3,31,32)(H,35,38)(H,36,39)(H4,33,34,37)/t21-,22-/m0/s1. The maximum atomic E-state index is 12.3. The van der Waals surface area contributed by atoms with E-state index in [1.165, 1.54) is 0 Å². The summed E-state index contributed by atoms with van der Waals surface area (Å²) in [6.07, 6.45) is 6.39. The molecule has 0 bridgehead atoms. The van der Waals surface area contributed by atoms with E-state index >= 15 is 0 Å². The van der Waals surface area contributed by atoms with Gasteiger partial charge in [-0.3, -0.25) is 20.0 Å². The Bertz CT molecular complexity index is 1010. The van der Waals surface area contributed by atoms with E-state index in [1.54, 1.807) is 0 Å². The summed E-state index contributed by atoms with van der Waals surface area (Å²) < 4.78 is 11.9. The lowest BCUT2D eigenvalue weighted by Crippen LogP contribution is -2.42. The van der Waals surface area contributed by atoms with Crippen LogP contribution in [0.2, 0.25) is 0 Å². The minimum absolute atomic E-state index is 0.0501. The Morgan fingerprint density at radius 3 is 1.88 bits per heavy atom. The van der Waals surface area contributed by atoms with Crippen molar-refractivity contribution in [1.29, 1.82) is 5.41 Å². The second kappa shape index (κ2) is 21.5. The van der Waals surface area contributed by atoms with Crippen molar-refractivity contribution < 1.29 is 19.1 Å². The molecule has 13 nitrogen and oxygen atoms in total. The highest BCUT2D eigenvalue weighted by molar-refractivity contribution is 7.79. The Morgan fingerprint density at radius 1 is 0.881 bits per heavy atom. The summed E-state index contributed by atoms with van der Waals surface area (Å²) in [6, 6.07) is 2.59. The number of rotatable bonds is 23. The predicted octanol–water partition coefficient (Wildman–Crippen LogP) is 0.654. The highest BCUT2D eigenvalue weighted by Crippen LogP contribution is 2.32. The lowest BCUT2D eigenvalue weighted by atomic mass is 10.1. The number of benzene rings is 1. The van der Waals surface area contributed by atoms with Gasteiger partial charge in [0.1, 0.15) is 13.2 Å². The van der Waals surface area contributed by atoms with Crippen molar-refractivity contribution in [3.63, 3.8) is 0 Å². The summed E-state index contributed by atoms with van der Waals surface area (Å²) in [5.41, 5.74) is 30.1. The maximum Gasteiger partial charge on any atom is 0.237 e. The molecule has 0 saturated heterocycles. The summed E-state index contributed by atoms with van der Waals surface area (Å²) in [5, 5.41) is 12.9. The van der Waals surface area contributed by atoms with Crippen molar-refractivity contribution >= 4 is 36.2 Å². The lowest BCUT2D eigenvalue weighted by molar-refractivity contribution is -0.123. The SMILES string of the molecule is CCc1cc(OCCNC(=O)[C@@H](N)CCCCN=C(N)N)c(OCCNC(=O)[C@@H](N)CCCCCC(=N)N)cc1CS. The molecule has 13 N–H and O–H groups in total. The van der Waals surface area contributed by atoms with Crippen LogP contribution in [0.5, 0.6) is 11.5 Å². The fraction of sp³-hybridized carbons (Fsp3) is 0.643. The number of nitrogens with one attached hydrogen (secondary N) is 3. The molecule has 1 aromatic carbocycles. The molecule has 0 saturated carbocycles. The van der Waals surface area contributed by atoms with E-state index in [9.17, 15) is 9.59 Å². The summed E-state index contributed by atoms with van der Waals surface area (Å²) in [5.74, 6) is 1.36. The van der Waals surface area contributed by atoms with Gasteiger partial charge in [-0.25, -0.2) is 0 Å². The van der Waals surface area contributed by atoms with Gasteiger partial charge in [-0.1, -0.05) is 19.8 Å². The number of thiol groups is 1. The first-order chi connectivity index (χ1) is 20.1. The van der Waals surface area contributed by atoms with Gasteiger partial charge < -0.3 is 48.8 Å². The molecular formula is C28H51N9O4S. The molecular weight excluding hydrogens is 558 g/mol. The number of aliphatic imine (C=N–C) groups is 1. The van der Waals surface area contributed by atoms with E-state index in [0.717, 1.165) is 49.7 Å². The molecule has 0 aromatic heterocycles. The van der Waals surface area contributed by atoms with E-state index in [-0.39, 0.29) is 49.9 Å². The molecule has 2 atom stereocenters. The summed E-state index contributed by atoms with van der Waals surface area (Å²) in [7, 11) is 0. The van der Waals surface area contributed by atoms with E-state index in [4.69, 9.17) is 43.6 Å². The first kappa shape index (κ1) is 36.8. The van der Waals surface area contributed by atoms with Crippen LogP contribution in [0.25, 0.3) is 0 Å². The average molecular weight is 610 g/mol. The Hall–Kier alpha value is -3.23. The third-order valence-corrected chi connectivity index (χ3v) is 6.83. The van der Waals surface area contributed by atoms with E-state index in [1.807, 2.05) is 19.1 Å². The predicted molar refractivity (Wildman–Crippen MR) is 171 cm³/mol. The molecule has 0 aliphatic rings. The fourth-order valence-electron chi connectivity index (χ4n) is 4.08. The fourth-order valence-corrected chi connectivity index (χ4v) is 4.38. The van der Waals surface area contributed by atoms with Crippen LogP contribution in [0.15, 0.2) is 17.1 Å². The molecule has 0 aliphatic heterocycles. The number of amidine groups is 1. The summed E-state index contributed by atoms with van der Waals surface area (Å²) in [6.45, 7) is 3.55. The third-order valence-electron chi connectivity index (χ3n) is 6.49. The monoisotopic (exact) mass is 609 g/mol. The zero-order valence-electron chi connectivity index (χ0n) is 24.8. The number of nitrogens with two attached hydrogens (primary N) is 5. The number of unbranched alkanes of at least 4 members (excludes halogenated alkanes) is 3. The molecule has 1 rings (SSSR count). The quantitative estimate of drug-likeness (QED) is 0.0365. The van der Waals surface area contributed by atoms with Gasteiger partial charge in [0.25, 0.3) is 0 Å². The Kier molecular flexibility index (Phi) is 18.8. The number of nitrogens with zero attached hydrogens (tertiary/aromatic N) is 1. The minimum Gasteiger partial charge on any atom is -0.488 e. The molecule has 42 heavy (non-hydrogen) atoms. The number of amides is 2. The van der Waals surface area contributed by atoms with Crippen molar-refractivity contribution in [3.05, 3.63) is 23.3 Å². The maximum absolute atomic E-state index is 12.3. The number of carbonyl (C=O) groups excluding carboxylic acids is 2. The summed E-state index contributed by atoms with van der Waals surface area (Å²) in [4.78, 5) is 28.6. The molecule has 0 spiro atoms. The van der Waals surface area contributed by atoms with E-state index in [0.29, 0.717) is 43.1 Å². The Balaban J connectivity index is 2.52. The average Bonchev–Trinajstić information content (AvgIpc) is 2.96. The molecule has 0 fully saturated rings. The van der Waals surface area contributed by atoms with Gasteiger partial charge in [0.05, 0.1) is 31.0 Å². The number of hydrogen-bond acceptors (Lipinski definition) is 9. The van der Waals surface area contributed by atoms with Crippen molar-refractivity contribution in [2.75, 3.05) is 32.8 Å². The zero-order valence-corrected chi connectivity index (χ0v) is 25.7. The lowest BCUT2D eigenvalue weighted by Gasteiger charge is -2.18. The molecule has 0 unspecified atom stereocenters. The van der Waals surface area contributed by atoms with Gasteiger partial charge >= 0.3 is 0 Å². The minimum atomic E-state index is -0.625. The molecule has 0 heterocycles. The summed E-state index contributed by atoms with van der Waals surface area (Å²) >= 11 is 4.44. The van der Waals surface area contributed by atoms with Crippen LogP contribution < -0.4 is 48.8 Å². The molecule has 0 radical (unpaired) electrons. The van der Waals surface area contributed by atoms with Crippen LogP contribution in [0.3, 0.4) is 0 Å². The Morgan fingerprint density at radius 2 is 1.40 bits per heavy atom. The van der Waals surface area contributed by atoms with Gasteiger partial charge in [0.15, 0.2) is 17.5 Å². The van der Waals surface area contributed by atoms with Crippen molar-refractivity contribution in [2.24, 2.45) is 33.7 Å². The van der Waals surface area contributed by atoms with Crippen LogP contribution >= 0.6 is 12.6 Å². The number of aryl methyl sites for hydroxylation is 1. The largest absolute Gasteiger partial charge is 0.488 e. The number of guanidine groups is 1. The van der Waals surface area contributed by atoms with Gasteiger partial charge in [-0.05, 0) is 61.8 Å². The van der Waals surface area contributed by atoms with E-state index < -0.39 is 12.1 Å². The normalized spacial score (nSPS) is 12.2. The Labute approximate surface area is 255 Å². The van der Waals surface area contributed by atoms with Crippen molar-refractivity contribution in [1.82, 2.24) is 10.6 Å². The number of carbonyl (C=O) groups is 2. The van der Waals surface area contributed by atoms with Crippen LogP contribution in [0.1, 0.15) is 69.4 Å². The zero-order chi connectivity index (χ0) is 31.3. The first-order valence-electron chi connectivity index (χ1n) is 14.6. The smallest absolute Gasteiger partial charge is 0.237 e. The highest BCUT2D eigenvalue weighted by atomic mass is 32.1. The molecule has 238 valence electrons. The molecule has 0 aliphatic carbocycles. The number of ether oxygens (including phenoxy) is 2. The topological polar surface area (TPSA) is 243 Å². The van der Waals surface area contributed by atoms with Gasteiger partial charge in [0, 0.05) is 18.7 Å². The highest BCUT2D eigenvalue weighted by Gasteiger charge is 2.15. The van der Waals surface area contributed by atoms with E-state index in [2.05, 4.69) is 28.3 Å². The second-order valence-electron chi connectivity index (χ2n) is 10.00. The van der Waals surface area contributed by atoms with Crippen molar-refractivity contribution in [3.8, 4) is 11.5 Å². The second-order valence-corrected chi connectivity index (χ2v) is 10.3.